The summed E-state index contributed by atoms with van der Waals surface area (Å²) in [5, 5.41) is 0. The lowest BCUT2D eigenvalue weighted by molar-refractivity contribution is 0.0473. The highest BCUT2D eigenvalue weighted by Gasteiger charge is 2.19. The normalized spacial score (nSPS) is 11.3. The van der Waals surface area contributed by atoms with E-state index in [0.29, 0.717) is 11.1 Å². The van der Waals surface area contributed by atoms with E-state index in [0.717, 1.165) is 28.5 Å². The standard InChI is InChI=1S/C21H24O5S/c1-12-7-8-17(27(6,24)25)10-18(12)21(23)26-11-20(22)19-9-13(2)14(3)15(4)16(19)5/h7-10H,11H2,1-6H3. The molecule has 0 aliphatic carbocycles. The number of ether oxygens (including phenoxy) is 1. The Hall–Kier alpha value is -2.47. The van der Waals surface area contributed by atoms with Crippen LogP contribution in [0.15, 0.2) is 29.2 Å². The quantitative estimate of drug-likeness (QED) is 0.577. The minimum absolute atomic E-state index is 0.0343. The fourth-order valence-electron chi connectivity index (χ4n) is 2.84. The van der Waals surface area contributed by atoms with E-state index in [1.54, 1.807) is 13.0 Å². The predicted molar refractivity (Wildman–Crippen MR) is 104 cm³/mol. The van der Waals surface area contributed by atoms with Gasteiger partial charge in [0.05, 0.1) is 10.5 Å². The van der Waals surface area contributed by atoms with Crippen LogP contribution < -0.4 is 0 Å². The Kier molecular flexibility index (Phi) is 5.90. The van der Waals surface area contributed by atoms with Gasteiger partial charge in [-0.15, -0.1) is 0 Å². The molecule has 0 spiro atoms. The Bertz CT molecular complexity index is 1030. The van der Waals surface area contributed by atoms with Gasteiger partial charge in [-0.1, -0.05) is 6.07 Å². The molecule has 0 unspecified atom stereocenters. The highest BCUT2D eigenvalue weighted by atomic mass is 32.2. The molecule has 0 amide bonds. The first-order chi connectivity index (χ1) is 12.4. The summed E-state index contributed by atoms with van der Waals surface area (Å²) in [7, 11) is -3.44. The number of esters is 1. The summed E-state index contributed by atoms with van der Waals surface area (Å²) < 4.78 is 28.6. The number of carbonyl (C=O) groups is 2. The van der Waals surface area contributed by atoms with Gasteiger partial charge in [0.1, 0.15) is 0 Å². The van der Waals surface area contributed by atoms with Crippen LogP contribution in [0.5, 0.6) is 0 Å². The van der Waals surface area contributed by atoms with E-state index in [-0.39, 0.29) is 16.2 Å². The molecule has 0 fully saturated rings. The molecule has 0 heterocycles. The Balaban J connectivity index is 2.23. The maximum Gasteiger partial charge on any atom is 0.338 e. The van der Waals surface area contributed by atoms with Crippen molar-refractivity contribution in [3.63, 3.8) is 0 Å². The van der Waals surface area contributed by atoms with E-state index >= 15 is 0 Å². The van der Waals surface area contributed by atoms with Gasteiger partial charge in [0.25, 0.3) is 0 Å². The fourth-order valence-corrected chi connectivity index (χ4v) is 3.49. The number of aryl methyl sites for hydroxylation is 2. The molecule has 27 heavy (non-hydrogen) atoms. The minimum Gasteiger partial charge on any atom is -0.454 e. The molecule has 0 saturated carbocycles. The summed E-state index contributed by atoms with van der Waals surface area (Å²) in [6.45, 7) is 9.05. The van der Waals surface area contributed by atoms with Crippen molar-refractivity contribution in [1.29, 1.82) is 0 Å². The van der Waals surface area contributed by atoms with Gasteiger partial charge in [-0.3, -0.25) is 4.79 Å². The summed E-state index contributed by atoms with van der Waals surface area (Å²) in [5.41, 5.74) is 5.30. The largest absolute Gasteiger partial charge is 0.454 e. The second-order valence-electron chi connectivity index (χ2n) is 6.86. The van der Waals surface area contributed by atoms with Crippen LogP contribution >= 0.6 is 0 Å². The van der Waals surface area contributed by atoms with Gasteiger partial charge >= 0.3 is 5.97 Å². The lowest BCUT2D eigenvalue weighted by Crippen LogP contribution is -2.17. The molecule has 2 aromatic carbocycles. The minimum atomic E-state index is -3.44. The molecule has 0 N–H and O–H groups in total. The van der Waals surface area contributed by atoms with E-state index in [4.69, 9.17) is 4.74 Å². The van der Waals surface area contributed by atoms with Gasteiger partial charge in [0.2, 0.25) is 5.78 Å². The molecule has 6 heteroatoms. The van der Waals surface area contributed by atoms with E-state index in [1.807, 2.05) is 33.8 Å². The third-order valence-electron chi connectivity index (χ3n) is 4.97. The number of ketones is 1. The number of Topliss-reactive ketones (excluding diaryl/α,β-unsaturated/α-hetero) is 1. The van der Waals surface area contributed by atoms with Gasteiger partial charge in [-0.05, 0) is 80.6 Å². The molecule has 5 nitrogen and oxygen atoms in total. The van der Waals surface area contributed by atoms with Crippen molar-refractivity contribution < 1.29 is 22.7 Å². The third kappa shape index (κ3) is 4.45. The molecule has 0 aliphatic rings. The van der Waals surface area contributed by atoms with Crippen molar-refractivity contribution in [2.75, 3.05) is 12.9 Å². The van der Waals surface area contributed by atoms with Crippen LogP contribution in [0.1, 0.15) is 48.5 Å². The average Bonchev–Trinajstić information content (AvgIpc) is 2.60. The van der Waals surface area contributed by atoms with Crippen molar-refractivity contribution in [1.82, 2.24) is 0 Å². The molecule has 0 bridgehead atoms. The zero-order chi connectivity index (χ0) is 20.5. The van der Waals surface area contributed by atoms with Crippen molar-refractivity contribution in [2.45, 2.75) is 39.5 Å². The van der Waals surface area contributed by atoms with Crippen LogP contribution in [0, 0.1) is 34.6 Å². The van der Waals surface area contributed by atoms with Crippen molar-refractivity contribution in [3.8, 4) is 0 Å². The maximum atomic E-state index is 12.6. The van der Waals surface area contributed by atoms with Crippen LogP contribution in [0.2, 0.25) is 0 Å². The lowest BCUT2D eigenvalue weighted by atomic mass is 9.93. The van der Waals surface area contributed by atoms with Crippen molar-refractivity contribution in [3.05, 3.63) is 63.2 Å². The van der Waals surface area contributed by atoms with Crippen LogP contribution in [0.4, 0.5) is 0 Å². The summed E-state index contributed by atoms with van der Waals surface area (Å²) in [6, 6.07) is 6.08. The number of sulfone groups is 1. The summed E-state index contributed by atoms with van der Waals surface area (Å²) >= 11 is 0. The fraction of sp³-hybridized carbons (Fsp3) is 0.333. The molecule has 144 valence electrons. The van der Waals surface area contributed by atoms with Crippen LogP contribution in [0.25, 0.3) is 0 Å². The average molecular weight is 388 g/mol. The van der Waals surface area contributed by atoms with Gasteiger partial charge in [0.15, 0.2) is 16.4 Å². The SMILES string of the molecule is Cc1ccc(S(C)(=O)=O)cc1C(=O)OCC(=O)c1cc(C)c(C)c(C)c1C. The molecule has 2 aromatic rings. The lowest BCUT2D eigenvalue weighted by Gasteiger charge is -2.14. The molecule has 0 aromatic heterocycles. The summed E-state index contributed by atoms with van der Waals surface area (Å²) in [6.07, 6.45) is 1.07. The molecular weight excluding hydrogens is 364 g/mol. The second kappa shape index (κ2) is 7.64. The highest BCUT2D eigenvalue weighted by molar-refractivity contribution is 7.90. The molecular formula is C21H24O5S. The number of hydrogen-bond donors (Lipinski definition) is 0. The Morgan fingerprint density at radius 2 is 1.48 bits per heavy atom. The molecule has 0 radical (unpaired) electrons. The molecule has 0 atom stereocenters. The van der Waals surface area contributed by atoms with E-state index < -0.39 is 22.4 Å². The predicted octanol–water partition coefficient (Wildman–Crippen LogP) is 3.67. The maximum absolute atomic E-state index is 12.6. The Morgan fingerprint density at radius 3 is 2.07 bits per heavy atom. The van der Waals surface area contributed by atoms with E-state index in [2.05, 4.69) is 0 Å². The van der Waals surface area contributed by atoms with Crippen molar-refractivity contribution in [2.24, 2.45) is 0 Å². The summed E-state index contributed by atoms with van der Waals surface area (Å²) in [5.74, 6) is -1.01. The number of rotatable bonds is 5. The van der Waals surface area contributed by atoms with Crippen LogP contribution in [-0.4, -0.2) is 33.0 Å². The van der Waals surface area contributed by atoms with Gasteiger partial charge in [0, 0.05) is 11.8 Å². The summed E-state index contributed by atoms with van der Waals surface area (Å²) in [4.78, 5) is 25.0. The van der Waals surface area contributed by atoms with Crippen molar-refractivity contribution >= 4 is 21.6 Å². The first-order valence-electron chi connectivity index (χ1n) is 8.52. The first-order valence-corrected chi connectivity index (χ1v) is 10.4. The Labute approximate surface area is 160 Å². The second-order valence-corrected chi connectivity index (χ2v) is 8.88. The molecule has 0 saturated heterocycles. The zero-order valence-electron chi connectivity index (χ0n) is 16.5. The molecule has 0 aliphatic heterocycles. The van der Waals surface area contributed by atoms with Gasteiger partial charge < -0.3 is 4.74 Å². The van der Waals surface area contributed by atoms with Gasteiger partial charge in [-0.25, -0.2) is 13.2 Å². The number of carbonyl (C=O) groups excluding carboxylic acids is 2. The topological polar surface area (TPSA) is 77.5 Å². The Morgan fingerprint density at radius 1 is 0.852 bits per heavy atom. The number of hydrogen-bond acceptors (Lipinski definition) is 5. The number of benzene rings is 2. The van der Waals surface area contributed by atoms with E-state index in [1.165, 1.54) is 12.1 Å². The zero-order valence-corrected chi connectivity index (χ0v) is 17.3. The third-order valence-corrected chi connectivity index (χ3v) is 6.08. The van der Waals surface area contributed by atoms with Crippen LogP contribution in [0.3, 0.4) is 0 Å². The highest BCUT2D eigenvalue weighted by Crippen LogP contribution is 2.22. The van der Waals surface area contributed by atoms with E-state index in [9.17, 15) is 18.0 Å². The first kappa shape index (κ1) is 20.8. The van der Waals surface area contributed by atoms with Crippen LogP contribution in [-0.2, 0) is 14.6 Å². The smallest absolute Gasteiger partial charge is 0.338 e. The van der Waals surface area contributed by atoms with Gasteiger partial charge in [-0.2, -0.15) is 0 Å². The molecule has 2 rings (SSSR count). The monoisotopic (exact) mass is 388 g/mol.